The lowest BCUT2D eigenvalue weighted by Crippen LogP contribution is -2.49. The predicted octanol–water partition coefficient (Wildman–Crippen LogP) is 3.31. The maximum absolute atomic E-state index is 13.3. The molecule has 1 saturated heterocycles. The predicted molar refractivity (Wildman–Crippen MR) is 136 cm³/mol. The number of nitrogens with zero attached hydrogens (tertiary/aromatic N) is 5. The Morgan fingerprint density at radius 1 is 1.11 bits per heavy atom. The highest BCUT2D eigenvalue weighted by Gasteiger charge is 2.23. The molecule has 0 aliphatic carbocycles. The Morgan fingerprint density at radius 2 is 1.91 bits per heavy atom. The maximum Gasteiger partial charge on any atom is 0.253 e. The standard InChI is InChI=1S/C26H29N7O2/c1-19(28-21-4-6-22(35-2)7-5-21)25-23-17-20(3-8-24(23)29-30-25)26(34)33-15-13-31(14-16-33)11-12-32-10-9-27-18-32/h3-10,17-18,28H,1,11-16H2,2H3,(H,29,30). The zero-order valence-electron chi connectivity index (χ0n) is 19.8. The van der Waals surface area contributed by atoms with Crippen LogP contribution in [0.2, 0.25) is 0 Å². The largest absolute Gasteiger partial charge is 0.497 e. The number of aromatic amines is 1. The zero-order valence-corrected chi connectivity index (χ0v) is 19.8. The molecule has 0 bridgehead atoms. The third kappa shape index (κ3) is 5.04. The summed E-state index contributed by atoms with van der Waals surface area (Å²) in [6, 6.07) is 13.3. The van der Waals surface area contributed by atoms with E-state index in [2.05, 4.69) is 36.5 Å². The molecule has 2 aromatic heterocycles. The van der Waals surface area contributed by atoms with E-state index in [0.29, 0.717) is 30.0 Å². The van der Waals surface area contributed by atoms with E-state index in [1.54, 1.807) is 13.3 Å². The van der Waals surface area contributed by atoms with Crippen molar-refractivity contribution in [2.45, 2.75) is 6.54 Å². The Labute approximate surface area is 204 Å². The van der Waals surface area contributed by atoms with Crippen LogP contribution in [0, 0.1) is 0 Å². The minimum absolute atomic E-state index is 0.0436. The van der Waals surface area contributed by atoms with Crippen molar-refractivity contribution in [3.8, 4) is 5.75 Å². The number of anilines is 1. The van der Waals surface area contributed by atoms with E-state index in [4.69, 9.17) is 4.74 Å². The summed E-state index contributed by atoms with van der Waals surface area (Å²) < 4.78 is 7.29. The molecule has 9 nitrogen and oxygen atoms in total. The van der Waals surface area contributed by atoms with Crippen LogP contribution in [0.1, 0.15) is 16.1 Å². The lowest BCUT2D eigenvalue weighted by molar-refractivity contribution is 0.0633. The molecule has 3 heterocycles. The monoisotopic (exact) mass is 471 g/mol. The Hall–Kier alpha value is -4.11. The molecule has 1 aliphatic heterocycles. The average molecular weight is 472 g/mol. The van der Waals surface area contributed by atoms with E-state index < -0.39 is 0 Å². The summed E-state index contributed by atoms with van der Waals surface area (Å²) in [7, 11) is 1.64. The SMILES string of the molecule is C=C(Nc1ccc(OC)cc1)c1n[nH]c2ccc(C(=O)N3CCN(CCn4ccnc4)CC3)cc12. The first-order valence-electron chi connectivity index (χ1n) is 11.7. The van der Waals surface area contributed by atoms with E-state index in [9.17, 15) is 4.79 Å². The minimum Gasteiger partial charge on any atom is -0.497 e. The molecule has 0 spiro atoms. The van der Waals surface area contributed by atoms with Crippen LogP contribution in [0.25, 0.3) is 16.6 Å². The van der Waals surface area contributed by atoms with Gasteiger partial charge in [-0.05, 0) is 42.5 Å². The van der Waals surface area contributed by atoms with Crippen LogP contribution in [0.5, 0.6) is 5.75 Å². The van der Waals surface area contributed by atoms with E-state index in [-0.39, 0.29) is 5.91 Å². The molecule has 2 aromatic carbocycles. The molecule has 180 valence electrons. The fourth-order valence-corrected chi connectivity index (χ4v) is 4.32. The van der Waals surface area contributed by atoms with E-state index in [1.807, 2.05) is 59.9 Å². The molecule has 4 aromatic rings. The van der Waals surface area contributed by atoms with Crippen molar-refractivity contribution in [1.29, 1.82) is 0 Å². The number of carbonyl (C=O) groups excluding carboxylic acids is 1. The van der Waals surface area contributed by atoms with Crippen molar-refractivity contribution in [2.24, 2.45) is 0 Å². The molecule has 5 rings (SSSR count). The first-order valence-corrected chi connectivity index (χ1v) is 11.7. The smallest absolute Gasteiger partial charge is 0.253 e. The highest BCUT2D eigenvalue weighted by molar-refractivity contribution is 6.01. The lowest BCUT2D eigenvalue weighted by Gasteiger charge is -2.34. The molecule has 9 heteroatoms. The second kappa shape index (κ2) is 10.0. The number of H-pyrrole nitrogens is 1. The first-order chi connectivity index (χ1) is 17.1. The summed E-state index contributed by atoms with van der Waals surface area (Å²) in [5.41, 5.74) is 3.74. The summed E-state index contributed by atoms with van der Waals surface area (Å²) in [4.78, 5) is 21.7. The van der Waals surface area contributed by atoms with Gasteiger partial charge in [-0.3, -0.25) is 14.8 Å². The Kier molecular flexibility index (Phi) is 6.49. The molecule has 0 saturated carbocycles. The van der Waals surface area contributed by atoms with Gasteiger partial charge in [-0.2, -0.15) is 5.10 Å². The highest BCUT2D eigenvalue weighted by atomic mass is 16.5. The van der Waals surface area contributed by atoms with Gasteiger partial charge in [-0.1, -0.05) is 6.58 Å². The van der Waals surface area contributed by atoms with Crippen LogP contribution in [-0.4, -0.2) is 75.3 Å². The molecular formula is C26H29N7O2. The number of piperazine rings is 1. The van der Waals surface area contributed by atoms with Crippen molar-refractivity contribution in [1.82, 2.24) is 29.5 Å². The van der Waals surface area contributed by atoms with Gasteiger partial charge in [0.2, 0.25) is 0 Å². The van der Waals surface area contributed by atoms with Gasteiger partial charge in [-0.25, -0.2) is 4.98 Å². The summed E-state index contributed by atoms with van der Waals surface area (Å²) in [5.74, 6) is 0.829. The fraction of sp³-hybridized carbons (Fsp3) is 0.269. The second-order valence-electron chi connectivity index (χ2n) is 8.60. The van der Waals surface area contributed by atoms with Gasteiger partial charge < -0.3 is 19.5 Å². The number of methoxy groups -OCH3 is 1. The average Bonchev–Trinajstić information content (AvgIpc) is 3.57. The molecular weight excluding hydrogens is 442 g/mol. The second-order valence-corrected chi connectivity index (χ2v) is 8.60. The van der Waals surface area contributed by atoms with Crippen molar-refractivity contribution < 1.29 is 9.53 Å². The van der Waals surface area contributed by atoms with Gasteiger partial charge in [0.1, 0.15) is 11.4 Å². The molecule has 2 N–H and O–H groups in total. The Bertz CT molecular complexity index is 1300. The van der Waals surface area contributed by atoms with Gasteiger partial charge >= 0.3 is 0 Å². The summed E-state index contributed by atoms with van der Waals surface area (Å²) >= 11 is 0. The molecule has 1 fully saturated rings. The van der Waals surface area contributed by atoms with Gasteiger partial charge in [0, 0.05) is 68.3 Å². The summed E-state index contributed by atoms with van der Waals surface area (Å²) in [6.07, 6.45) is 5.60. The van der Waals surface area contributed by atoms with Crippen molar-refractivity contribution in [3.05, 3.63) is 79.0 Å². The number of imidazole rings is 1. The number of carbonyl (C=O) groups is 1. The number of nitrogens with one attached hydrogen (secondary N) is 2. The fourth-order valence-electron chi connectivity index (χ4n) is 4.32. The third-order valence-electron chi connectivity index (χ3n) is 6.37. The molecule has 35 heavy (non-hydrogen) atoms. The van der Waals surface area contributed by atoms with Crippen LogP contribution in [0.4, 0.5) is 5.69 Å². The Morgan fingerprint density at radius 3 is 2.63 bits per heavy atom. The summed E-state index contributed by atoms with van der Waals surface area (Å²) in [5, 5.41) is 11.6. The van der Waals surface area contributed by atoms with E-state index in [0.717, 1.165) is 48.5 Å². The van der Waals surface area contributed by atoms with Crippen LogP contribution in [-0.2, 0) is 6.54 Å². The van der Waals surface area contributed by atoms with Crippen molar-refractivity contribution >= 4 is 28.2 Å². The molecule has 0 radical (unpaired) electrons. The number of rotatable bonds is 8. The topological polar surface area (TPSA) is 91.3 Å². The number of benzene rings is 2. The number of hydrogen-bond donors (Lipinski definition) is 2. The number of fused-ring (bicyclic) bond motifs is 1. The van der Waals surface area contributed by atoms with Crippen LogP contribution in [0.15, 0.2) is 67.8 Å². The van der Waals surface area contributed by atoms with Gasteiger partial charge in [-0.15, -0.1) is 0 Å². The van der Waals surface area contributed by atoms with Gasteiger partial charge in [0.25, 0.3) is 5.91 Å². The maximum atomic E-state index is 13.3. The van der Waals surface area contributed by atoms with Crippen LogP contribution in [0.3, 0.4) is 0 Å². The normalized spacial score (nSPS) is 14.3. The highest BCUT2D eigenvalue weighted by Crippen LogP contribution is 2.26. The van der Waals surface area contributed by atoms with E-state index >= 15 is 0 Å². The van der Waals surface area contributed by atoms with Crippen molar-refractivity contribution in [2.75, 3.05) is 45.2 Å². The quantitative estimate of drug-likeness (QED) is 0.410. The van der Waals surface area contributed by atoms with Crippen molar-refractivity contribution in [3.63, 3.8) is 0 Å². The number of ether oxygens (including phenoxy) is 1. The molecule has 1 aliphatic rings. The number of amides is 1. The third-order valence-corrected chi connectivity index (χ3v) is 6.37. The molecule has 0 unspecified atom stereocenters. The van der Waals surface area contributed by atoms with E-state index in [1.165, 1.54) is 0 Å². The zero-order chi connectivity index (χ0) is 24.2. The van der Waals surface area contributed by atoms with Gasteiger partial charge in [0.05, 0.1) is 24.7 Å². The molecule has 1 amide bonds. The summed E-state index contributed by atoms with van der Waals surface area (Å²) in [6.45, 7) is 9.17. The Balaban J connectivity index is 1.24. The number of hydrogen-bond acceptors (Lipinski definition) is 6. The minimum atomic E-state index is 0.0436. The number of aromatic nitrogens is 4. The van der Waals surface area contributed by atoms with Crippen LogP contribution >= 0.6 is 0 Å². The van der Waals surface area contributed by atoms with Gasteiger partial charge in [0.15, 0.2) is 0 Å². The molecule has 0 atom stereocenters. The first kappa shape index (κ1) is 22.7. The lowest BCUT2D eigenvalue weighted by atomic mass is 10.1. The van der Waals surface area contributed by atoms with Crippen LogP contribution < -0.4 is 10.1 Å².